The SMILES string of the molecule is Cc1nc(CCC(=O)N(CCc2ccccc2)C2CCN(C)CC2)n[nH]1. The molecule has 140 valence electrons. The molecule has 0 aliphatic carbocycles. The van der Waals surface area contributed by atoms with Crippen LogP contribution in [0, 0.1) is 6.92 Å². The zero-order valence-electron chi connectivity index (χ0n) is 15.8. The highest BCUT2D eigenvalue weighted by molar-refractivity contribution is 5.76. The van der Waals surface area contributed by atoms with Crippen molar-refractivity contribution in [2.75, 3.05) is 26.7 Å². The van der Waals surface area contributed by atoms with Crippen LogP contribution in [0.5, 0.6) is 0 Å². The van der Waals surface area contributed by atoms with Gasteiger partial charge in [0.15, 0.2) is 5.82 Å². The number of rotatable bonds is 7. The Balaban J connectivity index is 1.61. The van der Waals surface area contributed by atoms with Crippen molar-refractivity contribution in [3.63, 3.8) is 0 Å². The molecule has 0 radical (unpaired) electrons. The molecule has 1 aromatic carbocycles. The number of amides is 1. The van der Waals surface area contributed by atoms with Gasteiger partial charge in [-0.3, -0.25) is 9.89 Å². The summed E-state index contributed by atoms with van der Waals surface area (Å²) in [5, 5.41) is 6.99. The molecule has 0 atom stereocenters. The van der Waals surface area contributed by atoms with Crippen LogP contribution in [0.15, 0.2) is 30.3 Å². The molecule has 1 aliphatic rings. The Morgan fingerprint density at radius 1 is 1.23 bits per heavy atom. The number of aryl methyl sites for hydroxylation is 2. The molecule has 2 heterocycles. The second-order valence-electron chi connectivity index (χ2n) is 7.19. The van der Waals surface area contributed by atoms with Crippen molar-refractivity contribution in [2.45, 2.75) is 45.1 Å². The van der Waals surface area contributed by atoms with Gasteiger partial charge in [0.1, 0.15) is 5.82 Å². The van der Waals surface area contributed by atoms with Crippen molar-refractivity contribution in [1.29, 1.82) is 0 Å². The lowest BCUT2D eigenvalue weighted by Crippen LogP contribution is -2.47. The molecular formula is C20H29N5O. The molecule has 1 N–H and O–H groups in total. The van der Waals surface area contributed by atoms with Crippen molar-refractivity contribution in [1.82, 2.24) is 25.0 Å². The van der Waals surface area contributed by atoms with E-state index in [1.807, 2.05) is 13.0 Å². The van der Waals surface area contributed by atoms with Gasteiger partial charge in [-0.2, -0.15) is 5.10 Å². The highest BCUT2D eigenvalue weighted by Gasteiger charge is 2.26. The molecule has 2 aromatic rings. The maximum absolute atomic E-state index is 13.0. The number of nitrogens with zero attached hydrogens (tertiary/aromatic N) is 4. The molecule has 1 saturated heterocycles. The number of piperidine rings is 1. The lowest BCUT2D eigenvalue weighted by molar-refractivity contribution is -0.134. The molecule has 0 saturated carbocycles. The Morgan fingerprint density at radius 3 is 2.62 bits per heavy atom. The molecule has 0 spiro atoms. The molecule has 6 nitrogen and oxygen atoms in total. The number of nitrogens with one attached hydrogen (secondary N) is 1. The molecule has 1 fully saturated rings. The predicted molar refractivity (Wildman–Crippen MR) is 102 cm³/mol. The Morgan fingerprint density at radius 2 is 1.96 bits per heavy atom. The number of hydrogen-bond acceptors (Lipinski definition) is 4. The maximum atomic E-state index is 13.0. The van der Waals surface area contributed by atoms with Gasteiger partial charge in [-0.1, -0.05) is 30.3 Å². The predicted octanol–water partition coefficient (Wildman–Crippen LogP) is 2.21. The van der Waals surface area contributed by atoms with E-state index < -0.39 is 0 Å². The van der Waals surface area contributed by atoms with Gasteiger partial charge in [-0.25, -0.2) is 4.98 Å². The molecule has 3 rings (SSSR count). The van der Waals surface area contributed by atoms with Gasteiger partial charge >= 0.3 is 0 Å². The average Bonchev–Trinajstić information content (AvgIpc) is 3.08. The summed E-state index contributed by atoms with van der Waals surface area (Å²) >= 11 is 0. The van der Waals surface area contributed by atoms with Crippen LogP contribution in [-0.2, 0) is 17.6 Å². The summed E-state index contributed by atoms with van der Waals surface area (Å²) in [6.07, 6.45) is 4.07. The minimum Gasteiger partial charge on any atom is -0.339 e. The topological polar surface area (TPSA) is 65.1 Å². The van der Waals surface area contributed by atoms with E-state index in [9.17, 15) is 4.79 Å². The first-order valence-electron chi connectivity index (χ1n) is 9.51. The third kappa shape index (κ3) is 5.14. The van der Waals surface area contributed by atoms with Crippen LogP contribution >= 0.6 is 0 Å². The lowest BCUT2D eigenvalue weighted by atomic mass is 10.0. The van der Waals surface area contributed by atoms with E-state index in [2.05, 4.69) is 56.3 Å². The zero-order valence-corrected chi connectivity index (χ0v) is 15.8. The number of carbonyl (C=O) groups is 1. The van der Waals surface area contributed by atoms with Crippen molar-refractivity contribution in [3.8, 4) is 0 Å². The minimum atomic E-state index is 0.220. The van der Waals surface area contributed by atoms with Crippen LogP contribution in [-0.4, -0.2) is 63.6 Å². The molecule has 1 aromatic heterocycles. The van der Waals surface area contributed by atoms with Crippen LogP contribution in [0.25, 0.3) is 0 Å². The standard InChI is InChI=1S/C20H29N5O/c1-16-21-19(23-22-16)8-9-20(26)25(18-11-13-24(2)14-12-18)15-10-17-6-4-3-5-7-17/h3-7,18H,8-15H2,1-2H3,(H,21,22,23). The van der Waals surface area contributed by atoms with E-state index in [0.29, 0.717) is 18.9 Å². The Bertz CT molecular complexity index is 691. The van der Waals surface area contributed by atoms with Gasteiger partial charge < -0.3 is 9.80 Å². The summed E-state index contributed by atoms with van der Waals surface area (Å²) in [7, 11) is 2.15. The number of benzene rings is 1. The number of hydrogen-bond donors (Lipinski definition) is 1. The van der Waals surface area contributed by atoms with E-state index in [0.717, 1.165) is 50.5 Å². The normalized spacial score (nSPS) is 15.9. The van der Waals surface area contributed by atoms with Gasteiger partial charge in [0.25, 0.3) is 0 Å². The van der Waals surface area contributed by atoms with Crippen molar-refractivity contribution < 1.29 is 4.79 Å². The van der Waals surface area contributed by atoms with Crippen LogP contribution in [0.2, 0.25) is 0 Å². The fourth-order valence-electron chi connectivity index (χ4n) is 3.57. The molecular weight excluding hydrogens is 326 g/mol. The van der Waals surface area contributed by atoms with Crippen molar-refractivity contribution in [3.05, 3.63) is 47.5 Å². The van der Waals surface area contributed by atoms with Gasteiger partial charge in [-0.15, -0.1) is 0 Å². The number of carbonyl (C=O) groups excluding carboxylic acids is 1. The number of likely N-dealkylation sites (tertiary alicyclic amines) is 1. The molecule has 26 heavy (non-hydrogen) atoms. The summed E-state index contributed by atoms with van der Waals surface area (Å²) in [4.78, 5) is 21.7. The van der Waals surface area contributed by atoms with E-state index in [1.54, 1.807) is 0 Å². The second kappa shape index (κ2) is 8.94. The Kier molecular flexibility index (Phi) is 6.39. The van der Waals surface area contributed by atoms with E-state index in [-0.39, 0.29) is 5.91 Å². The first kappa shape index (κ1) is 18.6. The highest BCUT2D eigenvalue weighted by Crippen LogP contribution is 2.18. The number of aromatic nitrogens is 3. The fourth-order valence-corrected chi connectivity index (χ4v) is 3.57. The first-order chi connectivity index (χ1) is 12.6. The molecule has 0 bridgehead atoms. The van der Waals surface area contributed by atoms with E-state index in [1.165, 1.54) is 5.56 Å². The van der Waals surface area contributed by atoms with Crippen molar-refractivity contribution in [2.24, 2.45) is 0 Å². The van der Waals surface area contributed by atoms with E-state index >= 15 is 0 Å². The maximum Gasteiger partial charge on any atom is 0.223 e. The number of H-pyrrole nitrogens is 1. The summed E-state index contributed by atoms with van der Waals surface area (Å²) in [5.74, 6) is 1.74. The third-order valence-corrected chi connectivity index (χ3v) is 5.14. The minimum absolute atomic E-state index is 0.220. The third-order valence-electron chi connectivity index (χ3n) is 5.14. The summed E-state index contributed by atoms with van der Waals surface area (Å²) in [6.45, 7) is 4.77. The van der Waals surface area contributed by atoms with Gasteiger partial charge in [0, 0.05) is 25.4 Å². The lowest BCUT2D eigenvalue weighted by Gasteiger charge is -2.37. The summed E-state index contributed by atoms with van der Waals surface area (Å²) in [6, 6.07) is 10.8. The molecule has 1 aliphatic heterocycles. The van der Waals surface area contributed by atoms with Gasteiger partial charge in [0.05, 0.1) is 0 Å². The smallest absolute Gasteiger partial charge is 0.223 e. The monoisotopic (exact) mass is 355 g/mol. The quantitative estimate of drug-likeness (QED) is 0.827. The largest absolute Gasteiger partial charge is 0.339 e. The average molecular weight is 355 g/mol. The molecule has 6 heteroatoms. The Labute approximate surface area is 155 Å². The van der Waals surface area contributed by atoms with Gasteiger partial charge in [0.2, 0.25) is 5.91 Å². The summed E-state index contributed by atoms with van der Waals surface area (Å²) < 4.78 is 0. The zero-order chi connectivity index (χ0) is 18.4. The fraction of sp³-hybridized carbons (Fsp3) is 0.550. The van der Waals surface area contributed by atoms with Crippen LogP contribution in [0.1, 0.15) is 36.5 Å². The van der Waals surface area contributed by atoms with Crippen LogP contribution in [0.3, 0.4) is 0 Å². The Hall–Kier alpha value is -2.21. The van der Waals surface area contributed by atoms with Crippen LogP contribution < -0.4 is 0 Å². The molecule has 1 amide bonds. The first-order valence-corrected chi connectivity index (χ1v) is 9.51. The molecule has 0 unspecified atom stereocenters. The highest BCUT2D eigenvalue weighted by atomic mass is 16.2. The van der Waals surface area contributed by atoms with Gasteiger partial charge in [-0.05, 0) is 51.9 Å². The van der Waals surface area contributed by atoms with Crippen LogP contribution in [0.4, 0.5) is 0 Å². The summed E-state index contributed by atoms with van der Waals surface area (Å²) in [5.41, 5.74) is 1.28. The van der Waals surface area contributed by atoms with Crippen molar-refractivity contribution >= 4 is 5.91 Å². The second-order valence-corrected chi connectivity index (χ2v) is 7.19. The van der Waals surface area contributed by atoms with E-state index in [4.69, 9.17) is 0 Å². The number of aromatic amines is 1.